The number of ether oxygens (including phenoxy) is 1. The van der Waals surface area contributed by atoms with E-state index in [1.54, 1.807) is 0 Å². The van der Waals surface area contributed by atoms with Crippen LogP contribution >= 0.6 is 11.8 Å². The van der Waals surface area contributed by atoms with Crippen LogP contribution in [0.5, 0.6) is 5.75 Å². The summed E-state index contributed by atoms with van der Waals surface area (Å²) in [5, 5.41) is 0. The van der Waals surface area contributed by atoms with Gasteiger partial charge in [-0.2, -0.15) is 0 Å². The molecule has 0 spiro atoms. The van der Waals surface area contributed by atoms with Crippen LogP contribution in [0.25, 0.3) is 0 Å². The van der Waals surface area contributed by atoms with Gasteiger partial charge in [-0.1, -0.05) is 67.0 Å². The van der Waals surface area contributed by atoms with Gasteiger partial charge in [0, 0.05) is 22.4 Å². The van der Waals surface area contributed by atoms with E-state index in [9.17, 15) is 4.79 Å². The summed E-state index contributed by atoms with van der Waals surface area (Å²) in [6.45, 7) is 21.9. The number of thioether (sulfide) groups is 1. The van der Waals surface area contributed by atoms with Crippen molar-refractivity contribution in [3.8, 4) is 5.75 Å². The van der Waals surface area contributed by atoms with E-state index in [1.807, 2.05) is 18.7 Å². The molecule has 0 aromatic heterocycles. The van der Waals surface area contributed by atoms with Crippen molar-refractivity contribution in [1.29, 1.82) is 0 Å². The molecule has 0 aliphatic carbocycles. The van der Waals surface area contributed by atoms with E-state index in [1.165, 1.54) is 29.7 Å². The van der Waals surface area contributed by atoms with Gasteiger partial charge in [-0.25, -0.2) is 0 Å². The quantitative estimate of drug-likeness (QED) is 0.155. The molecule has 0 aliphatic rings. The Morgan fingerprint density at radius 2 is 1.58 bits per heavy atom. The summed E-state index contributed by atoms with van der Waals surface area (Å²) >= 11 is 1.93. The first kappa shape index (κ1) is 27.8. The summed E-state index contributed by atoms with van der Waals surface area (Å²) in [5.74, 6) is 2.47. The van der Waals surface area contributed by atoms with Gasteiger partial charge in [0.15, 0.2) is 0 Å². The average molecular weight is 447 g/mol. The molecule has 0 saturated carbocycles. The topological polar surface area (TPSA) is 26.3 Å². The standard InChI is InChI=1S/C28H46O2S/c1-11-13-25(29)30-26-23(27(5,6)7)18-22(19-24(26)28(8,9)10)31-17-16-21(4)15-12-14-20(2)3/h14,18-19,21H,11-13,15-17H2,1-10H3. The Morgan fingerprint density at radius 1 is 1.03 bits per heavy atom. The van der Waals surface area contributed by atoms with E-state index < -0.39 is 0 Å². The molecule has 1 aromatic rings. The normalized spacial score (nSPS) is 13.1. The SMILES string of the molecule is CCCC(=O)Oc1c(C(C)(C)C)cc(SCCC(C)CCC=C(C)C)cc1C(C)(C)C. The van der Waals surface area contributed by atoms with E-state index in [-0.39, 0.29) is 16.8 Å². The first-order valence-corrected chi connectivity index (χ1v) is 12.9. The predicted molar refractivity (Wildman–Crippen MR) is 138 cm³/mol. The maximum absolute atomic E-state index is 12.4. The van der Waals surface area contributed by atoms with Crippen LogP contribution in [-0.4, -0.2) is 11.7 Å². The van der Waals surface area contributed by atoms with Crippen molar-refractivity contribution < 1.29 is 9.53 Å². The predicted octanol–water partition coefficient (Wildman–Crippen LogP) is 8.85. The van der Waals surface area contributed by atoms with E-state index in [0.29, 0.717) is 6.42 Å². The number of esters is 1. The summed E-state index contributed by atoms with van der Waals surface area (Å²) < 4.78 is 5.98. The van der Waals surface area contributed by atoms with Gasteiger partial charge in [0.25, 0.3) is 0 Å². The Balaban J connectivity index is 3.12. The molecule has 0 aliphatic heterocycles. The molecule has 31 heavy (non-hydrogen) atoms. The zero-order valence-electron chi connectivity index (χ0n) is 21.8. The number of carbonyl (C=O) groups is 1. The van der Waals surface area contributed by atoms with Crippen molar-refractivity contribution >= 4 is 17.7 Å². The molecule has 0 radical (unpaired) electrons. The van der Waals surface area contributed by atoms with Crippen molar-refractivity contribution in [2.24, 2.45) is 5.92 Å². The van der Waals surface area contributed by atoms with Gasteiger partial charge in [-0.15, -0.1) is 11.8 Å². The molecule has 0 N–H and O–H groups in total. The van der Waals surface area contributed by atoms with Crippen molar-refractivity contribution in [1.82, 2.24) is 0 Å². The molecule has 3 heteroatoms. The van der Waals surface area contributed by atoms with Crippen LogP contribution in [0.1, 0.15) is 112 Å². The highest BCUT2D eigenvalue weighted by Gasteiger charge is 2.29. The third-order valence-electron chi connectivity index (χ3n) is 5.44. The second-order valence-electron chi connectivity index (χ2n) is 11.2. The third-order valence-corrected chi connectivity index (χ3v) is 6.45. The molecule has 1 aromatic carbocycles. The zero-order chi connectivity index (χ0) is 23.8. The number of allylic oxidation sites excluding steroid dienone is 2. The number of hydrogen-bond donors (Lipinski definition) is 0. The Bertz CT molecular complexity index is 708. The minimum atomic E-state index is -0.135. The third kappa shape index (κ3) is 9.85. The molecule has 0 heterocycles. The zero-order valence-corrected chi connectivity index (χ0v) is 22.6. The largest absolute Gasteiger partial charge is 0.426 e. The lowest BCUT2D eigenvalue weighted by Gasteiger charge is -2.30. The number of carbonyl (C=O) groups excluding carboxylic acids is 1. The van der Waals surface area contributed by atoms with Gasteiger partial charge in [0.05, 0.1) is 0 Å². The molecule has 1 atom stereocenters. The molecule has 0 bridgehead atoms. The first-order valence-electron chi connectivity index (χ1n) is 11.9. The highest BCUT2D eigenvalue weighted by molar-refractivity contribution is 7.99. The lowest BCUT2D eigenvalue weighted by molar-refractivity contribution is -0.134. The van der Waals surface area contributed by atoms with Crippen LogP contribution in [0.4, 0.5) is 0 Å². The molecule has 0 saturated heterocycles. The molecular formula is C28H46O2S. The molecule has 2 nitrogen and oxygen atoms in total. The maximum Gasteiger partial charge on any atom is 0.311 e. The van der Waals surface area contributed by atoms with Crippen molar-refractivity contribution in [2.75, 3.05) is 5.75 Å². The number of rotatable bonds is 10. The lowest BCUT2D eigenvalue weighted by Crippen LogP contribution is -2.22. The minimum absolute atomic E-state index is 0.101. The fourth-order valence-corrected chi connectivity index (χ4v) is 4.62. The Labute approximate surface area is 196 Å². The van der Waals surface area contributed by atoms with Crippen molar-refractivity contribution in [2.45, 2.75) is 117 Å². The minimum Gasteiger partial charge on any atom is -0.426 e. The Morgan fingerprint density at radius 3 is 2.03 bits per heavy atom. The van der Waals surface area contributed by atoms with Gasteiger partial charge >= 0.3 is 5.97 Å². The highest BCUT2D eigenvalue weighted by atomic mass is 32.2. The van der Waals surface area contributed by atoms with Crippen LogP contribution in [0.2, 0.25) is 0 Å². The average Bonchev–Trinajstić information content (AvgIpc) is 2.60. The monoisotopic (exact) mass is 446 g/mol. The summed E-state index contributed by atoms with van der Waals surface area (Å²) in [7, 11) is 0. The van der Waals surface area contributed by atoms with E-state index in [2.05, 4.69) is 80.5 Å². The Kier molecular flexibility index (Phi) is 10.9. The van der Waals surface area contributed by atoms with Gasteiger partial charge < -0.3 is 4.74 Å². The summed E-state index contributed by atoms with van der Waals surface area (Å²) in [6, 6.07) is 4.50. The molecule has 176 valence electrons. The summed E-state index contributed by atoms with van der Waals surface area (Å²) in [6.07, 6.45) is 7.23. The van der Waals surface area contributed by atoms with Gasteiger partial charge in [0.2, 0.25) is 0 Å². The summed E-state index contributed by atoms with van der Waals surface area (Å²) in [5.41, 5.74) is 3.46. The van der Waals surface area contributed by atoms with E-state index in [0.717, 1.165) is 35.0 Å². The number of benzene rings is 1. The van der Waals surface area contributed by atoms with Crippen molar-refractivity contribution in [3.63, 3.8) is 0 Å². The molecule has 1 rings (SSSR count). The van der Waals surface area contributed by atoms with Crippen molar-refractivity contribution in [3.05, 3.63) is 34.9 Å². The number of hydrogen-bond acceptors (Lipinski definition) is 3. The van der Waals surface area contributed by atoms with Crippen LogP contribution in [0.15, 0.2) is 28.7 Å². The van der Waals surface area contributed by atoms with Gasteiger partial charge in [-0.05, 0) is 74.2 Å². The Hall–Kier alpha value is -1.22. The van der Waals surface area contributed by atoms with Crippen LogP contribution in [0, 0.1) is 5.92 Å². The van der Waals surface area contributed by atoms with Crippen LogP contribution in [-0.2, 0) is 15.6 Å². The van der Waals surface area contributed by atoms with Crippen LogP contribution < -0.4 is 4.74 Å². The van der Waals surface area contributed by atoms with Gasteiger partial charge in [-0.3, -0.25) is 4.79 Å². The highest BCUT2D eigenvalue weighted by Crippen LogP contribution is 2.43. The molecule has 1 unspecified atom stereocenters. The van der Waals surface area contributed by atoms with Crippen LogP contribution in [0.3, 0.4) is 0 Å². The first-order chi connectivity index (χ1) is 14.3. The fourth-order valence-electron chi connectivity index (χ4n) is 3.46. The molecule has 0 amide bonds. The second-order valence-corrected chi connectivity index (χ2v) is 12.3. The molecule has 0 fully saturated rings. The van der Waals surface area contributed by atoms with Gasteiger partial charge in [0.1, 0.15) is 5.75 Å². The fraction of sp³-hybridized carbons (Fsp3) is 0.679. The summed E-state index contributed by atoms with van der Waals surface area (Å²) in [4.78, 5) is 13.7. The smallest absolute Gasteiger partial charge is 0.311 e. The second kappa shape index (κ2) is 12.1. The maximum atomic E-state index is 12.4. The van der Waals surface area contributed by atoms with E-state index >= 15 is 0 Å². The lowest BCUT2D eigenvalue weighted by atomic mass is 9.79. The van der Waals surface area contributed by atoms with E-state index in [4.69, 9.17) is 4.74 Å². The molecular weight excluding hydrogens is 400 g/mol.